The van der Waals surface area contributed by atoms with E-state index in [1.54, 1.807) is 0 Å². The molecule has 0 radical (unpaired) electrons. The number of hydrogen-bond acceptors (Lipinski definition) is 5. The van der Waals surface area contributed by atoms with Gasteiger partial charge in [0.05, 0.1) is 0 Å². The highest BCUT2D eigenvalue weighted by molar-refractivity contribution is 5.90. The molecule has 9 heteroatoms. The van der Waals surface area contributed by atoms with Crippen LogP contribution >= 0.6 is 0 Å². The molecule has 2 aliphatic rings. The van der Waals surface area contributed by atoms with Gasteiger partial charge in [0.15, 0.2) is 0 Å². The van der Waals surface area contributed by atoms with E-state index in [1.807, 2.05) is 44.2 Å². The Labute approximate surface area is 200 Å². The van der Waals surface area contributed by atoms with Gasteiger partial charge in [-0.05, 0) is 50.0 Å². The van der Waals surface area contributed by atoms with Crippen LogP contribution in [0, 0.1) is 11.8 Å². The van der Waals surface area contributed by atoms with Crippen molar-refractivity contribution in [2.75, 3.05) is 6.54 Å². The SMILES string of the molecule is CC(C)C[C@H](NC(=O)OC1(Cc2ccccc2)CCC1)C(=O)N[C@@H](C[C@@H]1CCNC1=O)C(=O)O. The molecule has 1 saturated carbocycles. The fraction of sp³-hybridized carbons (Fsp3) is 0.600. The summed E-state index contributed by atoms with van der Waals surface area (Å²) in [5.74, 6) is -2.40. The van der Waals surface area contributed by atoms with Crippen molar-refractivity contribution < 1.29 is 29.0 Å². The molecule has 1 aromatic carbocycles. The van der Waals surface area contributed by atoms with Crippen molar-refractivity contribution >= 4 is 23.9 Å². The predicted octanol–water partition coefficient (Wildman–Crippen LogP) is 2.39. The number of alkyl carbamates (subject to hydrolysis) is 1. The van der Waals surface area contributed by atoms with Crippen molar-refractivity contribution in [3.05, 3.63) is 35.9 Å². The molecule has 0 bridgehead atoms. The number of amides is 3. The molecule has 1 aliphatic carbocycles. The van der Waals surface area contributed by atoms with E-state index in [9.17, 15) is 24.3 Å². The Morgan fingerprint density at radius 3 is 2.38 bits per heavy atom. The van der Waals surface area contributed by atoms with Crippen molar-refractivity contribution in [2.45, 2.75) is 76.5 Å². The normalized spacial score (nSPS) is 20.6. The molecule has 1 saturated heterocycles. The molecule has 0 unspecified atom stereocenters. The van der Waals surface area contributed by atoms with Gasteiger partial charge in [0, 0.05) is 18.9 Å². The van der Waals surface area contributed by atoms with Crippen LogP contribution in [0.25, 0.3) is 0 Å². The first-order valence-electron chi connectivity index (χ1n) is 12.0. The van der Waals surface area contributed by atoms with Gasteiger partial charge in [0.2, 0.25) is 11.8 Å². The lowest BCUT2D eigenvalue weighted by molar-refractivity contribution is -0.143. The number of hydrogen-bond donors (Lipinski definition) is 4. The molecule has 2 fully saturated rings. The first kappa shape index (κ1) is 25.5. The Hall–Kier alpha value is -3.10. The largest absolute Gasteiger partial charge is 0.480 e. The number of carboxylic acids is 1. The predicted molar refractivity (Wildman–Crippen MR) is 125 cm³/mol. The van der Waals surface area contributed by atoms with Crippen LogP contribution in [-0.2, 0) is 25.5 Å². The van der Waals surface area contributed by atoms with Crippen LogP contribution in [-0.4, -0.2) is 53.2 Å². The maximum absolute atomic E-state index is 13.0. The first-order valence-corrected chi connectivity index (χ1v) is 12.0. The summed E-state index contributed by atoms with van der Waals surface area (Å²) in [4.78, 5) is 49.4. The zero-order valence-electron chi connectivity index (χ0n) is 19.8. The number of carboxylic acid groups (broad SMARTS) is 1. The number of rotatable bonds is 11. The van der Waals surface area contributed by atoms with E-state index in [0.29, 0.717) is 25.8 Å². The van der Waals surface area contributed by atoms with E-state index in [0.717, 1.165) is 24.8 Å². The lowest BCUT2D eigenvalue weighted by atomic mass is 9.76. The van der Waals surface area contributed by atoms with Crippen molar-refractivity contribution in [1.82, 2.24) is 16.0 Å². The molecule has 4 N–H and O–H groups in total. The highest BCUT2D eigenvalue weighted by Gasteiger charge is 2.42. The van der Waals surface area contributed by atoms with Gasteiger partial charge in [-0.3, -0.25) is 9.59 Å². The lowest BCUT2D eigenvalue weighted by Crippen LogP contribution is -2.54. The molecule has 0 spiro atoms. The minimum atomic E-state index is -1.22. The Kier molecular flexibility index (Phi) is 8.52. The van der Waals surface area contributed by atoms with Crippen LogP contribution in [0.4, 0.5) is 4.79 Å². The summed E-state index contributed by atoms with van der Waals surface area (Å²) in [6, 6.07) is 7.64. The molecule has 1 aromatic rings. The smallest absolute Gasteiger partial charge is 0.408 e. The monoisotopic (exact) mass is 473 g/mol. The summed E-state index contributed by atoms with van der Waals surface area (Å²) in [5.41, 5.74) is 0.482. The number of ether oxygens (including phenoxy) is 1. The van der Waals surface area contributed by atoms with Crippen LogP contribution in [0.3, 0.4) is 0 Å². The third-order valence-corrected chi connectivity index (χ3v) is 6.56. The fourth-order valence-corrected chi connectivity index (χ4v) is 4.57. The standard InChI is InChI=1S/C25H35N3O6/c1-16(2)13-19(22(30)27-20(23(31)32)14-18-9-12-26-21(18)29)28-24(33)34-25(10-6-11-25)15-17-7-4-3-5-8-17/h3-5,7-8,16,18-20H,6,9-15H2,1-2H3,(H,26,29)(H,27,30)(H,28,33)(H,31,32)/t18-,19-,20-/m0/s1. The highest BCUT2D eigenvalue weighted by Crippen LogP contribution is 2.38. The van der Waals surface area contributed by atoms with E-state index in [1.165, 1.54) is 0 Å². The average Bonchev–Trinajstić information content (AvgIpc) is 3.15. The topological polar surface area (TPSA) is 134 Å². The van der Waals surface area contributed by atoms with Gasteiger partial charge in [0.1, 0.15) is 17.7 Å². The van der Waals surface area contributed by atoms with Crippen molar-refractivity contribution in [3.8, 4) is 0 Å². The van der Waals surface area contributed by atoms with Crippen LogP contribution in [0.5, 0.6) is 0 Å². The van der Waals surface area contributed by atoms with Gasteiger partial charge >= 0.3 is 12.1 Å². The molecule has 34 heavy (non-hydrogen) atoms. The third kappa shape index (κ3) is 6.95. The fourth-order valence-electron chi connectivity index (χ4n) is 4.57. The van der Waals surface area contributed by atoms with Gasteiger partial charge in [-0.1, -0.05) is 44.2 Å². The second-order valence-electron chi connectivity index (χ2n) is 9.83. The number of benzene rings is 1. The average molecular weight is 474 g/mol. The Morgan fingerprint density at radius 1 is 1.15 bits per heavy atom. The van der Waals surface area contributed by atoms with Gasteiger partial charge in [-0.2, -0.15) is 0 Å². The van der Waals surface area contributed by atoms with Gasteiger partial charge in [-0.25, -0.2) is 9.59 Å². The van der Waals surface area contributed by atoms with Gasteiger partial charge in [0.25, 0.3) is 0 Å². The van der Waals surface area contributed by atoms with Crippen molar-refractivity contribution in [1.29, 1.82) is 0 Å². The Balaban J connectivity index is 1.62. The molecule has 3 rings (SSSR count). The Morgan fingerprint density at radius 2 is 1.85 bits per heavy atom. The quantitative estimate of drug-likeness (QED) is 0.390. The highest BCUT2D eigenvalue weighted by atomic mass is 16.6. The van der Waals surface area contributed by atoms with Crippen molar-refractivity contribution in [2.24, 2.45) is 11.8 Å². The molecule has 1 heterocycles. The molecule has 3 amide bonds. The second-order valence-corrected chi connectivity index (χ2v) is 9.83. The van der Waals surface area contributed by atoms with Crippen LogP contribution in [0.2, 0.25) is 0 Å². The van der Waals surface area contributed by atoms with Gasteiger partial charge in [-0.15, -0.1) is 0 Å². The minimum Gasteiger partial charge on any atom is -0.480 e. The number of carbonyl (C=O) groups is 4. The zero-order chi connectivity index (χ0) is 24.7. The molecule has 3 atom stereocenters. The van der Waals surface area contributed by atoms with Crippen LogP contribution < -0.4 is 16.0 Å². The number of nitrogens with one attached hydrogen (secondary N) is 3. The first-order chi connectivity index (χ1) is 16.2. The van der Waals surface area contributed by atoms with E-state index in [2.05, 4.69) is 16.0 Å². The maximum atomic E-state index is 13.0. The number of carbonyl (C=O) groups excluding carboxylic acids is 3. The van der Waals surface area contributed by atoms with Crippen LogP contribution in [0.15, 0.2) is 30.3 Å². The van der Waals surface area contributed by atoms with Gasteiger partial charge < -0.3 is 25.8 Å². The molecule has 1 aliphatic heterocycles. The summed E-state index contributed by atoms with van der Waals surface area (Å²) < 4.78 is 5.81. The lowest BCUT2D eigenvalue weighted by Gasteiger charge is -2.41. The third-order valence-electron chi connectivity index (χ3n) is 6.56. The minimum absolute atomic E-state index is 0.00589. The zero-order valence-corrected chi connectivity index (χ0v) is 19.8. The summed E-state index contributed by atoms with van der Waals surface area (Å²) in [6.45, 7) is 4.32. The van der Waals surface area contributed by atoms with E-state index in [-0.39, 0.29) is 18.2 Å². The molecule has 0 aromatic heterocycles. The summed E-state index contributed by atoms with van der Waals surface area (Å²) in [6.07, 6.45) is 3.25. The second kappa shape index (κ2) is 11.4. The summed E-state index contributed by atoms with van der Waals surface area (Å²) in [7, 11) is 0. The van der Waals surface area contributed by atoms with Crippen LogP contribution in [0.1, 0.15) is 57.9 Å². The number of aliphatic carboxylic acids is 1. The molecular formula is C25H35N3O6. The van der Waals surface area contributed by atoms with E-state index in [4.69, 9.17) is 4.74 Å². The molecular weight excluding hydrogens is 438 g/mol. The molecule has 186 valence electrons. The Bertz CT molecular complexity index is 884. The summed E-state index contributed by atoms with van der Waals surface area (Å²) >= 11 is 0. The maximum Gasteiger partial charge on any atom is 0.408 e. The van der Waals surface area contributed by atoms with E-state index < -0.39 is 41.6 Å². The van der Waals surface area contributed by atoms with Crippen molar-refractivity contribution in [3.63, 3.8) is 0 Å². The summed E-state index contributed by atoms with van der Waals surface area (Å²) in [5, 5.41) is 17.4. The molecule has 9 nitrogen and oxygen atoms in total. The van der Waals surface area contributed by atoms with E-state index >= 15 is 0 Å².